The second-order valence-electron chi connectivity index (χ2n) is 6.93. The zero-order chi connectivity index (χ0) is 21.0. The zero-order valence-corrected chi connectivity index (χ0v) is 16.4. The molecule has 0 aliphatic carbocycles. The van der Waals surface area contributed by atoms with Crippen LogP contribution in [0.3, 0.4) is 0 Å². The van der Waals surface area contributed by atoms with Crippen molar-refractivity contribution in [3.8, 4) is 0 Å². The highest BCUT2D eigenvalue weighted by molar-refractivity contribution is 6.35. The molecule has 4 aromatic rings. The van der Waals surface area contributed by atoms with Crippen molar-refractivity contribution in [3.63, 3.8) is 0 Å². The third-order valence-electron chi connectivity index (χ3n) is 5.20. The number of carbonyl (C=O) groups excluding carboxylic acids is 2. The van der Waals surface area contributed by atoms with E-state index in [4.69, 9.17) is 0 Å². The summed E-state index contributed by atoms with van der Waals surface area (Å²) in [4.78, 5) is 23.3. The molecule has 147 valence electrons. The van der Waals surface area contributed by atoms with Crippen molar-refractivity contribution in [3.05, 3.63) is 119 Å². The number of hydrogen-bond acceptors (Lipinski definition) is 4. The van der Waals surface area contributed by atoms with E-state index in [1.807, 2.05) is 91.0 Å². The Morgan fingerprint density at radius 1 is 0.833 bits per heavy atom. The van der Waals surface area contributed by atoms with Gasteiger partial charge in [-0.15, -0.1) is 0 Å². The molecule has 0 fully saturated rings. The minimum atomic E-state index is -0.824. The molecule has 1 N–H and O–H groups in total. The lowest BCUT2D eigenvalue weighted by Gasteiger charge is -2.37. The standard InChI is InChI=1S/C25H20N3O2/c1-28-24(22(17-26-28)23(30)18-29)27-25(19-11-5-2-6-12-19,20-13-7-3-8-14-20)21-15-9-4-10-16-21/h2-17,27H,1H3. The number of aromatic nitrogens is 2. The van der Waals surface area contributed by atoms with Crippen molar-refractivity contribution < 1.29 is 9.59 Å². The predicted molar refractivity (Wildman–Crippen MR) is 116 cm³/mol. The van der Waals surface area contributed by atoms with Gasteiger partial charge in [0.15, 0.2) is 0 Å². The molecule has 0 spiro atoms. The second-order valence-corrected chi connectivity index (χ2v) is 6.93. The molecule has 0 atom stereocenters. The number of nitrogens with zero attached hydrogens (tertiary/aromatic N) is 2. The number of rotatable bonds is 7. The van der Waals surface area contributed by atoms with Crippen molar-refractivity contribution in [2.75, 3.05) is 5.32 Å². The monoisotopic (exact) mass is 394 g/mol. The number of benzene rings is 3. The third kappa shape index (κ3) is 3.31. The van der Waals surface area contributed by atoms with E-state index in [1.54, 1.807) is 11.7 Å². The van der Waals surface area contributed by atoms with E-state index < -0.39 is 11.3 Å². The Morgan fingerprint density at radius 2 is 1.27 bits per heavy atom. The highest BCUT2D eigenvalue weighted by atomic mass is 16.2. The fraction of sp³-hybridized carbons (Fsp3) is 0.0800. The van der Waals surface area contributed by atoms with E-state index >= 15 is 0 Å². The number of hydrogen-bond donors (Lipinski definition) is 1. The van der Waals surface area contributed by atoms with Crippen LogP contribution in [-0.2, 0) is 17.4 Å². The van der Waals surface area contributed by atoms with E-state index in [-0.39, 0.29) is 5.56 Å². The summed E-state index contributed by atoms with van der Waals surface area (Å²) >= 11 is 0. The summed E-state index contributed by atoms with van der Waals surface area (Å²) in [6, 6.07) is 30.0. The van der Waals surface area contributed by atoms with Crippen LogP contribution in [0.1, 0.15) is 27.0 Å². The maximum absolute atomic E-state index is 12.2. The maximum atomic E-state index is 12.2. The summed E-state index contributed by atoms with van der Waals surface area (Å²) in [5.74, 6) is -0.298. The van der Waals surface area contributed by atoms with Crippen molar-refractivity contribution in [1.29, 1.82) is 0 Å². The summed E-state index contributed by atoms with van der Waals surface area (Å²) < 4.78 is 1.56. The van der Waals surface area contributed by atoms with Crippen LogP contribution < -0.4 is 5.32 Å². The van der Waals surface area contributed by atoms with Crippen LogP contribution >= 0.6 is 0 Å². The van der Waals surface area contributed by atoms with Crippen LogP contribution in [0.5, 0.6) is 0 Å². The average molecular weight is 394 g/mol. The molecule has 0 bridgehead atoms. The fourth-order valence-electron chi connectivity index (χ4n) is 3.77. The fourth-order valence-corrected chi connectivity index (χ4v) is 3.77. The van der Waals surface area contributed by atoms with Crippen molar-refractivity contribution in [2.45, 2.75) is 5.54 Å². The van der Waals surface area contributed by atoms with Crippen LogP contribution in [-0.4, -0.2) is 21.8 Å². The second kappa shape index (κ2) is 8.17. The van der Waals surface area contributed by atoms with Gasteiger partial charge < -0.3 is 5.32 Å². The highest BCUT2D eigenvalue weighted by Gasteiger charge is 2.38. The van der Waals surface area contributed by atoms with Gasteiger partial charge in [-0.05, 0) is 16.7 Å². The SMILES string of the molecule is Cn1ncc(C(=O)[C]=O)c1NC(c1ccccc1)(c1ccccc1)c1ccccc1. The minimum absolute atomic E-state index is 0.180. The first-order chi connectivity index (χ1) is 14.7. The number of ketones is 1. The highest BCUT2D eigenvalue weighted by Crippen LogP contribution is 2.40. The van der Waals surface area contributed by atoms with Gasteiger partial charge in [0.1, 0.15) is 11.4 Å². The molecule has 0 saturated carbocycles. The lowest BCUT2D eigenvalue weighted by Crippen LogP contribution is -2.39. The van der Waals surface area contributed by atoms with Gasteiger partial charge in [-0.25, -0.2) is 0 Å². The number of Topliss-reactive ketones (excluding diaryl/α,β-unsaturated/α-hetero) is 1. The van der Waals surface area contributed by atoms with Crippen LogP contribution in [0.25, 0.3) is 0 Å². The topological polar surface area (TPSA) is 64.0 Å². The Balaban J connectivity index is 2.03. The molecule has 1 heterocycles. The van der Waals surface area contributed by atoms with Crippen molar-refractivity contribution in [2.24, 2.45) is 7.05 Å². The summed E-state index contributed by atoms with van der Waals surface area (Å²) in [6.07, 6.45) is 2.85. The van der Waals surface area contributed by atoms with E-state index in [2.05, 4.69) is 10.4 Å². The lowest BCUT2D eigenvalue weighted by atomic mass is 9.77. The molecule has 5 nitrogen and oxygen atoms in total. The minimum Gasteiger partial charge on any atom is -0.352 e. The summed E-state index contributed by atoms with van der Waals surface area (Å²) in [7, 11) is 1.73. The average Bonchev–Trinajstić information content (AvgIpc) is 3.18. The van der Waals surface area contributed by atoms with Gasteiger partial charge in [0, 0.05) is 7.05 Å². The Morgan fingerprint density at radius 3 is 1.67 bits per heavy atom. The Labute approximate surface area is 175 Å². The van der Waals surface area contributed by atoms with E-state index in [0.29, 0.717) is 5.82 Å². The first-order valence-electron chi connectivity index (χ1n) is 9.56. The van der Waals surface area contributed by atoms with Crippen molar-refractivity contribution in [1.82, 2.24) is 9.78 Å². The first kappa shape index (κ1) is 19.3. The predicted octanol–water partition coefficient (Wildman–Crippen LogP) is 4.12. The molecule has 0 aliphatic rings. The number of carbonyl (C=O) groups is 1. The number of aryl methyl sites for hydroxylation is 1. The molecular weight excluding hydrogens is 374 g/mol. The third-order valence-corrected chi connectivity index (χ3v) is 5.20. The normalized spacial score (nSPS) is 11.1. The molecule has 0 aliphatic heterocycles. The molecule has 5 heteroatoms. The first-order valence-corrected chi connectivity index (χ1v) is 9.56. The molecular formula is C25H20N3O2. The zero-order valence-electron chi connectivity index (χ0n) is 16.4. The molecule has 1 aromatic heterocycles. The largest absolute Gasteiger partial charge is 0.352 e. The summed E-state index contributed by atoms with van der Waals surface area (Å²) in [5, 5.41) is 7.78. The van der Waals surface area contributed by atoms with Gasteiger partial charge in [-0.3, -0.25) is 14.3 Å². The number of nitrogens with one attached hydrogen (secondary N) is 1. The van der Waals surface area contributed by atoms with E-state index in [9.17, 15) is 9.59 Å². The Kier molecular flexibility index (Phi) is 5.26. The van der Waals surface area contributed by atoms with Crippen LogP contribution in [0.4, 0.5) is 5.82 Å². The van der Waals surface area contributed by atoms with Crippen LogP contribution in [0, 0.1) is 0 Å². The Bertz CT molecular complexity index is 1060. The molecule has 4 rings (SSSR count). The van der Waals surface area contributed by atoms with Gasteiger partial charge >= 0.3 is 0 Å². The molecule has 1 radical (unpaired) electrons. The molecule has 0 unspecified atom stereocenters. The van der Waals surface area contributed by atoms with Gasteiger partial charge in [-0.2, -0.15) is 5.10 Å². The number of anilines is 1. The molecule has 0 saturated heterocycles. The van der Waals surface area contributed by atoms with Gasteiger partial charge in [0.25, 0.3) is 6.29 Å². The summed E-state index contributed by atoms with van der Waals surface area (Å²) in [6.45, 7) is 0. The van der Waals surface area contributed by atoms with E-state index in [1.165, 1.54) is 12.5 Å². The van der Waals surface area contributed by atoms with Crippen molar-refractivity contribution >= 4 is 17.9 Å². The quantitative estimate of drug-likeness (QED) is 0.291. The van der Waals surface area contributed by atoms with Gasteiger partial charge in [0.05, 0.1) is 11.8 Å². The lowest BCUT2D eigenvalue weighted by molar-refractivity contribution is 0.106. The Hall–Kier alpha value is -3.99. The molecule has 30 heavy (non-hydrogen) atoms. The van der Waals surface area contributed by atoms with Crippen LogP contribution in [0.15, 0.2) is 97.2 Å². The van der Waals surface area contributed by atoms with Gasteiger partial charge in [0.2, 0.25) is 5.78 Å². The van der Waals surface area contributed by atoms with E-state index in [0.717, 1.165) is 16.7 Å². The van der Waals surface area contributed by atoms with Crippen LogP contribution in [0.2, 0.25) is 0 Å². The smallest absolute Gasteiger partial charge is 0.277 e. The van der Waals surface area contributed by atoms with Gasteiger partial charge in [-0.1, -0.05) is 91.0 Å². The summed E-state index contributed by atoms with van der Waals surface area (Å²) in [5.41, 5.74) is 2.31. The maximum Gasteiger partial charge on any atom is 0.277 e. The molecule has 3 aromatic carbocycles. The molecule has 0 amide bonds.